The van der Waals surface area contributed by atoms with Gasteiger partial charge < -0.3 is 5.11 Å². The van der Waals surface area contributed by atoms with E-state index in [0.29, 0.717) is 11.4 Å². The van der Waals surface area contributed by atoms with Crippen LogP contribution < -0.4 is 0 Å². The second kappa shape index (κ2) is 5.51. The molecule has 1 aromatic carbocycles. The third kappa shape index (κ3) is 3.09. The van der Waals surface area contributed by atoms with Gasteiger partial charge in [-0.3, -0.25) is 4.98 Å². The van der Waals surface area contributed by atoms with Gasteiger partial charge in [0.25, 0.3) is 0 Å². The predicted octanol–water partition coefficient (Wildman–Crippen LogP) is 3.63. The van der Waals surface area contributed by atoms with E-state index in [2.05, 4.69) is 4.98 Å². The summed E-state index contributed by atoms with van der Waals surface area (Å²) in [6, 6.07) is 11.4. The van der Waals surface area contributed by atoms with Crippen molar-refractivity contribution in [3.63, 3.8) is 0 Å². The van der Waals surface area contributed by atoms with Crippen LogP contribution in [0.25, 0.3) is 0 Å². The molecule has 2 aromatic rings. The van der Waals surface area contributed by atoms with E-state index in [1.54, 1.807) is 0 Å². The second-order valence-electron chi connectivity index (χ2n) is 4.47. The minimum absolute atomic E-state index is 0.528. The Bertz CT molecular complexity index is 537. The first-order valence-electron chi connectivity index (χ1n) is 5.93. The van der Waals surface area contributed by atoms with Gasteiger partial charge in [-0.1, -0.05) is 29.8 Å². The molecule has 1 heterocycles. The molecule has 94 valence electrons. The Morgan fingerprint density at radius 3 is 2.39 bits per heavy atom. The molecule has 1 atom stereocenters. The van der Waals surface area contributed by atoms with Gasteiger partial charge >= 0.3 is 0 Å². The van der Waals surface area contributed by atoms with Gasteiger partial charge in [0.1, 0.15) is 0 Å². The number of aryl methyl sites for hydroxylation is 2. The van der Waals surface area contributed by atoms with Crippen LogP contribution >= 0.6 is 11.6 Å². The van der Waals surface area contributed by atoms with Crippen molar-refractivity contribution in [2.45, 2.75) is 26.4 Å². The molecule has 0 spiro atoms. The Kier molecular flexibility index (Phi) is 4.00. The molecule has 0 radical (unpaired) electrons. The summed E-state index contributed by atoms with van der Waals surface area (Å²) in [6.45, 7) is 3.87. The number of hydrogen-bond acceptors (Lipinski definition) is 2. The summed E-state index contributed by atoms with van der Waals surface area (Å²) in [5.74, 6) is 0. The molecule has 0 saturated carbocycles. The van der Waals surface area contributed by atoms with Gasteiger partial charge in [0.2, 0.25) is 0 Å². The average Bonchev–Trinajstić information content (AvgIpc) is 2.32. The van der Waals surface area contributed by atoms with E-state index in [4.69, 9.17) is 11.6 Å². The number of hydrogen-bond donors (Lipinski definition) is 1. The zero-order chi connectivity index (χ0) is 13.1. The van der Waals surface area contributed by atoms with Gasteiger partial charge in [0, 0.05) is 28.4 Å². The molecule has 2 rings (SSSR count). The van der Waals surface area contributed by atoms with Crippen molar-refractivity contribution < 1.29 is 5.11 Å². The molecule has 3 heteroatoms. The van der Waals surface area contributed by atoms with Crippen LogP contribution in [0, 0.1) is 13.8 Å². The maximum atomic E-state index is 10.2. The minimum atomic E-state index is -0.528. The normalized spacial score (nSPS) is 12.4. The lowest BCUT2D eigenvalue weighted by Crippen LogP contribution is -2.05. The quantitative estimate of drug-likeness (QED) is 0.915. The van der Waals surface area contributed by atoms with Crippen molar-refractivity contribution in [3.05, 3.63) is 63.9 Å². The summed E-state index contributed by atoms with van der Waals surface area (Å²) in [4.78, 5) is 4.37. The fraction of sp³-hybridized carbons (Fsp3) is 0.267. The van der Waals surface area contributed by atoms with Gasteiger partial charge in [0.05, 0.1) is 6.10 Å². The molecule has 18 heavy (non-hydrogen) atoms. The van der Waals surface area contributed by atoms with Crippen molar-refractivity contribution in [3.8, 4) is 0 Å². The number of pyridine rings is 1. The second-order valence-corrected chi connectivity index (χ2v) is 4.91. The standard InChI is InChI=1S/C15H16ClNO/c1-10-3-8-14(11(2)17-10)15(18)9-12-4-6-13(16)7-5-12/h3-8,15,18H,9H2,1-2H3. The van der Waals surface area contributed by atoms with Gasteiger partial charge in [-0.15, -0.1) is 0 Å². The van der Waals surface area contributed by atoms with Crippen LogP contribution in [-0.2, 0) is 6.42 Å². The number of aliphatic hydroxyl groups excluding tert-OH is 1. The summed E-state index contributed by atoms with van der Waals surface area (Å²) < 4.78 is 0. The summed E-state index contributed by atoms with van der Waals surface area (Å²) in [7, 11) is 0. The highest BCUT2D eigenvalue weighted by Gasteiger charge is 2.12. The van der Waals surface area contributed by atoms with Crippen LogP contribution in [0.1, 0.15) is 28.6 Å². The van der Waals surface area contributed by atoms with Crippen molar-refractivity contribution in [1.82, 2.24) is 4.98 Å². The lowest BCUT2D eigenvalue weighted by Gasteiger charge is -2.13. The number of rotatable bonds is 3. The maximum absolute atomic E-state index is 10.2. The lowest BCUT2D eigenvalue weighted by molar-refractivity contribution is 0.177. The average molecular weight is 262 g/mol. The molecule has 0 aliphatic heterocycles. The monoisotopic (exact) mass is 261 g/mol. The first kappa shape index (κ1) is 13.1. The Morgan fingerprint density at radius 1 is 1.11 bits per heavy atom. The van der Waals surface area contributed by atoms with Crippen molar-refractivity contribution >= 4 is 11.6 Å². The summed E-state index contributed by atoms with van der Waals surface area (Å²) in [6.07, 6.45) is 0.0437. The highest BCUT2D eigenvalue weighted by molar-refractivity contribution is 6.30. The number of aromatic nitrogens is 1. The number of benzene rings is 1. The molecule has 0 bridgehead atoms. The molecule has 0 fully saturated rings. The van der Waals surface area contributed by atoms with Crippen LogP contribution in [-0.4, -0.2) is 10.1 Å². The highest BCUT2D eigenvalue weighted by Crippen LogP contribution is 2.21. The Hall–Kier alpha value is -1.38. The Balaban J connectivity index is 2.16. The molecular weight excluding hydrogens is 246 g/mol. The van der Waals surface area contributed by atoms with E-state index in [0.717, 1.165) is 22.5 Å². The minimum Gasteiger partial charge on any atom is -0.388 e. The molecule has 0 aliphatic rings. The van der Waals surface area contributed by atoms with Crippen LogP contribution in [0.4, 0.5) is 0 Å². The molecule has 1 N–H and O–H groups in total. The van der Waals surface area contributed by atoms with Crippen LogP contribution in [0.5, 0.6) is 0 Å². The molecule has 1 unspecified atom stereocenters. The molecule has 0 amide bonds. The zero-order valence-corrected chi connectivity index (χ0v) is 11.3. The van der Waals surface area contributed by atoms with E-state index >= 15 is 0 Å². The van der Waals surface area contributed by atoms with Gasteiger partial charge in [0.15, 0.2) is 0 Å². The first-order valence-corrected chi connectivity index (χ1v) is 6.30. The van der Waals surface area contributed by atoms with E-state index in [9.17, 15) is 5.11 Å². The lowest BCUT2D eigenvalue weighted by atomic mass is 10.0. The fourth-order valence-electron chi connectivity index (χ4n) is 2.00. The van der Waals surface area contributed by atoms with Crippen molar-refractivity contribution in [1.29, 1.82) is 0 Å². The summed E-state index contributed by atoms with van der Waals surface area (Å²) in [5.41, 5.74) is 3.80. The predicted molar refractivity (Wildman–Crippen MR) is 73.8 cm³/mol. The molecule has 2 nitrogen and oxygen atoms in total. The number of nitrogens with zero attached hydrogens (tertiary/aromatic N) is 1. The summed E-state index contributed by atoms with van der Waals surface area (Å²) in [5, 5.41) is 11.0. The fourth-order valence-corrected chi connectivity index (χ4v) is 2.13. The van der Waals surface area contributed by atoms with Crippen molar-refractivity contribution in [2.75, 3.05) is 0 Å². The highest BCUT2D eigenvalue weighted by atomic mass is 35.5. The largest absolute Gasteiger partial charge is 0.388 e. The third-order valence-corrected chi connectivity index (χ3v) is 3.22. The Morgan fingerprint density at radius 2 is 1.78 bits per heavy atom. The van der Waals surface area contributed by atoms with Crippen molar-refractivity contribution in [2.24, 2.45) is 0 Å². The van der Waals surface area contributed by atoms with Crippen LogP contribution in [0.2, 0.25) is 5.02 Å². The van der Waals surface area contributed by atoms with E-state index in [1.165, 1.54) is 0 Å². The van der Waals surface area contributed by atoms with E-state index in [1.807, 2.05) is 50.2 Å². The first-order chi connectivity index (χ1) is 8.56. The van der Waals surface area contributed by atoms with Gasteiger partial charge in [-0.05, 0) is 37.6 Å². The van der Waals surface area contributed by atoms with Gasteiger partial charge in [-0.25, -0.2) is 0 Å². The molecule has 1 aromatic heterocycles. The molecule has 0 saturated heterocycles. The molecular formula is C15H16ClNO. The molecule has 0 aliphatic carbocycles. The third-order valence-electron chi connectivity index (χ3n) is 2.97. The SMILES string of the molecule is Cc1ccc(C(O)Cc2ccc(Cl)cc2)c(C)n1. The van der Waals surface area contributed by atoms with Crippen LogP contribution in [0.3, 0.4) is 0 Å². The Labute approximate surface area is 112 Å². The number of aliphatic hydroxyl groups is 1. The van der Waals surface area contributed by atoms with E-state index < -0.39 is 6.10 Å². The maximum Gasteiger partial charge on any atom is 0.0847 e. The number of halogens is 1. The van der Waals surface area contributed by atoms with E-state index in [-0.39, 0.29) is 0 Å². The summed E-state index contributed by atoms with van der Waals surface area (Å²) >= 11 is 5.84. The smallest absolute Gasteiger partial charge is 0.0847 e. The van der Waals surface area contributed by atoms with Crippen LogP contribution in [0.15, 0.2) is 36.4 Å². The zero-order valence-electron chi connectivity index (χ0n) is 10.5. The topological polar surface area (TPSA) is 33.1 Å². The van der Waals surface area contributed by atoms with Gasteiger partial charge in [-0.2, -0.15) is 0 Å².